The lowest BCUT2D eigenvalue weighted by atomic mass is 10.2. The molecule has 3 heteroatoms. The van der Waals surface area contributed by atoms with Gasteiger partial charge in [-0.25, -0.2) is 4.98 Å². The monoisotopic (exact) mass is 240 g/mol. The van der Waals surface area contributed by atoms with Crippen LogP contribution < -0.4 is 4.90 Å². The second-order valence-electron chi connectivity index (χ2n) is 4.10. The maximum Gasteiger partial charge on any atom is 0.129 e. The molecule has 0 fully saturated rings. The summed E-state index contributed by atoms with van der Waals surface area (Å²) in [6.07, 6.45) is 2.29. The predicted molar refractivity (Wildman–Crippen MR) is 71.3 cm³/mol. The molecule has 2 nitrogen and oxygen atoms in total. The zero-order chi connectivity index (χ0) is 12.0. The van der Waals surface area contributed by atoms with Crippen molar-refractivity contribution in [3.8, 4) is 0 Å². The first-order valence-corrected chi connectivity index (χ1v) is 6.53. The maximum atomic E-state index is 5.88. The van der Waals surface area contributed by atoms with Crippen molar-refractivity contribution >= 4 is 17.4 Å². The number of hydrogen-bond acceptors (Lipinski definition) is 2. The van der Waals surface area contributed by atoms with Crippen molar-refractivity contribution in [2.45, 2.75) is 39.5 Å². The van der Waals surface area contributed by atoms with Gasteiger partial charge in [-0.2, -0.15) is 0 Å². The summed E-state index contributed by atoms with van der Waals surface area (Å²) >= 11 is 5.88. The van der Waals surface area contributed by atoms with Crippen molar-refractivity contribution in [3.05, 3.63) is 23.4 Å². The summed E-state index contributed by atoms with van der Waals surface area (Å²) < 4.78 is 0. The van der Waals surface area contributed by atoms with E-state index in [2.05, 4.69) is 29.8 Å². The molecular weight excluding hydrogens is 220 g/mol. The molecule has 90 valence electrons. The largest absolute Gasteiger partial charge is 0.357 e. The van der Waals surface area contributed by atoms with Crippen LogP contribution in [0.25, 0.3) is 0 Å². The quantitative estimate of drug-likeness (QED) is 0.704. The van der Waals surface area contributed by atoms with Crippen molar-refractivity contribution < 1.29 is 0 Å². The third kappa shape index (κ3) is 3.67. The first kappa shape index (κ1) is 13.3. The summed E-state index contributed by atoms with van der Waals surface area (Å²) in [6, 6.07) is 4.15. The molecule has 0 saturated heterocycles. The molecule has 0 unspecified atom stereocenters. The third-order valence-corrected chi connectivity index (χ3v) is 2.77. The Hall–Kier alpha value is -0.760. The SMILES string of the molecule is CCCN(CCC)c1cc(CCl)cc(C)n1. The summed E-state index contributed by atoms with van der Waals surface area (Å²) in [4.78, 5) is 6.92. The number of aryl methyl sites for hydroxylation is 1. The molecule has 0 N–H and O–H groups in total. The first-order chi connectivity index (χ1) is 7.71. The molecular formula is C13H21ClN2. The first-order valence-electron chi connectivity index (χ1n) is 5.99. The van der Waals surface area contributed by atoms with E-state index in [4.69, 9.17) is 11.6 Å². The fraction of sp³-hybridized carbons (Fsp3) is 0.615. The van der Waals surface area contributed by atoms with Gasteiger partial charge in [0.25, 0.3) is 0 Å². The van der Waals surface area contributed by atoms with Crippen LogP contribution in [-0.2, 0) is 5.88 Å². The number of halogens is 1. The molecule has 1 rings (SSSR count). The van der Waals surface area contributed by atoms with E-state index in [-0.39, 0.29) is 0 Å². The third-order valence-electron chi connectivity index (χ3n) is 2.47. The molecule has 0 bridgehead atoms. The number of hydrogen-bond donors (Lipinski definition) is 0. The van der Waals surface area contributed by atoms with Crippen LogP contribution in [0.2, 0.25) is 0 Å². The van der Waals surface area contributed by atoms with Gasteiger partial charge in [0.15, 0.2) is 0 Å². The van der Waals surface area contributed by atoms with Gasteiger partial charge in [0, 0.05) is 24.7 Å². The highest BCUT2D eigenvalue weighted by atomic mass is 35.5. The van der Waals surface area contributed by atoms with Gasteiger partial charge in [-0.15, -0.1) is 11.6 Å². The molecule has 0 atom stereocenters. The van der Waals surface area contributed by atoms with Crippen molar-refractivity contribution in [3.63, 3.8) is 0 Å². The van der Waals surface area contributed by atoms with Gasteiger partial charge < -0.3 is 4.90 Å². The average molecular weight is 241 g/mol. The summed E-state index contributed by atoms with van der Waals surface area (Å²) in [5.74, 6) is 1.63. The highest BCUT2D eigenvalue weighted by Gasteiger charge is 2.07. The summed E-state index contributed by atoms with van der Waals surface area (Å²) in [6.45, 7) is 8.54. The van der Waals surface area contributed by atoms with E-state index >= 15 is 0 Å². The van der Waals surface area contributed by atoms with E-state index < -0.39 is 0 Å². The lowest BCUT2D eigenvalue weighted by molar-refractivity contribution is 0.732. The Bertz CT molecular complexity index is 320. The van der Waals surface area contributed by atoms with Crippen LogP contribution >= 0.6 is 11.6 Å². The van der Waals surface area contributed by atoms with Crippen LogP contribution in [0.15, 0.2) is 12.1 Å². The highest BCUT2D eigenvalue weighted by Crippen LogP contribution is 2.17. The molecule has 0 aliphatic heterocycles. The van der Waals surface area contributed by atoms with Gasteiger partial charge in [0.2, 0.25) is 0 Å². The Balaban J connectivity index is 2.93. The van der Waals surface area contributed by atoms with E-state index in [9.17, 15) is 0 Å². The Morgan fingerprint density at radius 3 is 2.31 bits per heavy atom. The Morgan fingerprint density at radius 2 is 1.81 bits per heavy atom. The van der Waals surface area contributed by atoms with Gasteiger partial charge >= 0.3 is 0 Å². The van der Waals surface area contributed by atoms with Crippen molar-refractivity contribution in [1.82, 2.24) is 4.98 Å². The molecule has 0 aliphatic carbocycles. The van der Waals surface area contributed by atoms with Crippen molar-refractivity contribution in [1.29, 1.82) is 0 Å². The Labute approximate surface area is 104 Å². The molecule has 0 amide bonds. The fourth-order valence-corrected chi connectivity index (χ4v) is 2.00. The topological polar surface area (TPSA) is 16.1 Å². The minimum absolute atomic E-state index is 0.558. The number of pyridine rings is 1. The molecule has 0 aliphatic rings. The smallest absolute Gasteiger partial charge is 0.129 e. The van der Waals surface area contributed by atoms with Crippen LogP contribution in [0.1, 0.15) is 37.9 Å². The van der Waals surface area contributed by atoms with Crippen molar-refractivity contribution in [2.24, 2.45) is 0 Å². The lowest BCUT2D eigenvalue weighted by Gasteiger charge is -2.23. The molecule has 0 aromatic carbocycles. The van der Waals surface area contributed by atoms with Gasteiger partial charge in [-0.3, -0.25) is 0 Å². The standard InChI is InChI=1S/C13H21ClN2/c1-4-6-16(7-5-2)13-9-12(10-14)8-11(3)15-13/h8-9H,4-7,10H2,1-3H3. The van der Waals surface area contributed by atoms with E-state index in [1.165, 1.54) is 0 Å². The average Bonchev–Trinajstić information content (AvgIpc) is 2.28. The van der Waals surface area contributed by atoms with E-state index in [0.29, 0.717) is 5.88 Å². The number of anilines is 1. The van der Waals surface area contributed by atoms with E-state index in [1.54, 1.807) is 0 Å². The zero-order valence-corrected chi connectivity index (χ0v) is 11.2. The predicted octanol–water partition coefficient (Wildman–Crippen LogP) is 3.76. The van der Waals surface area contributed by atoms with Gasteiger partial charge in [-0.05, 0) is 37.5 Å². The lowest BCUT2D eigenvalue weighted by Crippen LogP contribution is -2.26. The minimum atomic E-state index is 0.558. The maximum absolute atomic E-state index is 5.88. The molecule has 16 heavy (non-hydrogen) atoms. The Morgan fingerprint density at radius 1 is 1.19 bits per heavy atom. The molecule has 1 aromatic rings. The zero-order valence-electron chi connectivity index (χ0n) is 10.5. The molecule has 0 spiro atoms. The number of aromatic nitrogens is 1. The highest BCUT2D eigenvalue weighted by molar-refractivity contribution is 6.17. The van der Waals surface area contributed by atoms with Crippen LogP contribution in [-0.4, -0.2) is 18.1 Å². The van der Waals surface area contributed by atoms with Gasteiger partial charge in [-0.1, -0.05) is 13.8 Å². The van der Waals surface area contributed by atoms with E-state index in [0.717, 1.165) is 43.0 Å². The number of rotatable bonds is 6. The minimum Gasteiger partial charge on any atom is -0.357 e. The summed E-state index contributed by atoms with van der Waals surface area (Å²) in [7, 11) is 0. The van der Waals surface area contributed by atoms with Crippen LogP contribution in [0.4, 0.5) is 5.82 Å². The molecule has 1 aromatic heterocycles. The molecule has 1 heterocycles. The summed E-state index contributed by atoms with van der Waals surface area (Å²) in [5, 5.41) is 0. The fourth-order valence-electron chi connectivity index (χ4n) is 1.84. The van der Waals surface area contributed by atoms with Crippen molar-refractivity contribution in [2.75, 3.05) is 18.0 Å². The van der Waals surface area contributed by atoms with Crippen LogP contribution in [0.5, 0.6) is 0 Å². The second-order valence-corrected chi connectivity index (χ2v) is 4.36. The van der Waals surface area contributed by atoms with Crippen LogP contribution in [0, 0.1) is 6.92 Å². The van der Waals surface area contributed by atoms with Gasteiger partial charge in [0.1, 0.15) is 5.82 Å². The van der Waals surface area contributed by atoms with Crippen LogP contribution in [0.3, 0.4) is 0 Å². The molecule has 0 saturated carbocycles. The Kier molecular flexibility index (Phi) is 5.61. The molecule has 0 radical (unpaired) electrons. The summed E-state index contributed by atoms with van der Waals surface area (Å²) in [5.41, 5.74) is 2.20. The van der Waals surface area contributed by atoms with E-state index in [1.807, 2.05) is 13.0 Å². The normalized spacial score (nSPS) is 10.5. The van der Waals surface area contributed by atoms with Gasteiger partial charge in [0.05, 0.1) is 0 Å². The number of nitrogens with zero attached hydrogens (tertiary/aromatic N) is 2. The number of alkyl halides is 1. The second kappa shape index (κ2) is 6.74.